The molecule has 0 spiro atoms. The summed E-state index contributed by atoms with van der Waals surface area (Å²) in [6.45, 7) is 2.95. The van der Waals surface area contributed by atoms with Crippen molar-refractivity contribution >= 4 is 11.6 Å². The molecule has 2 heterocycles. The first-order valence-corrected chi connectivity index (χ1v) is 9.37. The first-order valence-electron chi connectivity index (χ1n) is 9.37. The minimum Gasteiger partial charge on any atom is -0.378 e. The highest BCUT2D eigenvalue weighted by molar-refractivity contribution is 5.95. The predicted octanol–water partition coefficient (Wildman–Crippen LogP) is 2.57. The van der Waals surface area contributed by atoms with Crippen LogP contribution in [-0.4, -0.2) is 51.9 Å². The Labute approximate surface area is 164 Å². The van der Waals surface area contributed by atoms with Gasteiger partial charge in [-0.1, -0.05) is 36.4 Å². The fraction of sp³-hybridized carbons (Fsp3) is 0.286. The average molecular weight is 377 g/mol. The monoisotopic (exact) mass is 377 g/mol. The molecule has 1 aliphatic rings. The Morgan fingerprint density at radius 3 is 2.68 bits per heavy atom. The summed E-state index contributed by atoms with van der Waals surface area (Å²) in [5.41, 5.74) is 2.57. The summed E-state index contributed by atoms with van der Waals surface area (Å²) in [6.07, 6.45) is 0. The van der Waals surface area contributed by atoms with E-state index in [1.807, 2.05) is 66.5 Å². The van der Waals surface area contributed by atoms with Crippen molar-refractivity contribution < 1.29 is 9.53 Å². The third-order valence-electron chi connectivity index (χ3n) is 4.70. The van der Waals surface area contributed by atoms with Gasteiger partial charge in [-0.05, 0) is 18.2 Å². The van der Waals surface area contributed by atoms with Crippen LogP contribution >= 0.6 is 0 Å². The van der Waals surface area contributed by atoms with Crippen LogP contribution in [0.5, 0.6) is 0 Å². The van der Waals surface area contributed by atoms with Crippen LogP contribution in [0.3, 0.4) is 0 Å². The molecular formula is C21H23N5O2. The van der Waals surface area contributed by atoms with Gasteiger partial charge in [-0.15, -0.1) is 0 Å². The molecule has 144 valence electrons. The summed E-state index contributed by atoms with van der Waals surface area (Å²) in [6, 6.07) is 17.5. The van der Waals surface area contributed by atoms with Crippen LogP contribution in [-0.2, 0) is 18.3 Å². The maximum atomic E-state index is 12.6. The van der Waals surface area contributed by atoms with E-state index in [4.69, 9.17) is 4.74 Å². The van der Waals surface area contributed by atoms with Gasteiger partial charge in [0.1, 0.15) is 0 Å². The lowest BCUT2D eigenvalue weighted by Gasteiger charge is -2.27. The third kappa shape index (κ3) is 4.04. The molecule has 1 aliphatic heterocycles. The quantitative estimate of drug-likeness (QED) is 0.740. The minimum absolute atomic E-state index is 0.0364. The van der Waals surface area contributed by atoms with Gasteiger partial charge in [-0.3, -0.25) is 4.79 Å². The maximum absolute atomic E-state index is 12.6. The normalized spacial score (nSPS) is 14.1. The van der Waals surface area contributed by atoms with Crippen LogP contribution in [0.1, 0.15) is 16.2 Å². The molecule has 2 aromatic carbocycles. The topological polar surface area (TPSA) is 72.3 Å². The van der Waals surface area contributed by atoms with E-state index in [0.717, 1.165) is 17.1 Å². The number of benzene rings is 2. The number of aryl methyl sites for hydroxylation is 1. The number of carbonyl (C=O) groups excluding carboxylic acids is 1. The number of hydrogen-bond donors (Lipinski definition) is 1. The van der Waals surface area contributed by atoms with E-state index < -0.39 is 0 Å². The second-order valence-corrected chi connectivity index (χ2v) is 6.68. The second kappa shape index (κ2) is 8.22. The summed E-state index contributed by atoms with van der Waals surface area (Å²) in [4.78, 5) is 19.1. The highest BCUT2D eigenvalue weighted by atomic mass is 16.5. The molecular weight excluding hydrogens is 354 g/mol. The third-order valence-corrected chi connectivity index (χ3v) is 4.70. The number of aromatic nitrogens is 3. The number of morpholine rings is 1. The second-order valence-electron chi connectivity index (χ2n) is 6.68. The average Bonchev–Trinajstić information content (AvgIpc) is 3.14. The number of anilines is 1. The van der Waals surface area contributed by atoms with Crippen LogP contribution in [0.25, 0.3) is 11.4 Å². The predicted molar refractivity (Wildman–Crippen MR) is 107 cm³/mol. The molecule has 0 aliphatic carbocycles. The summed E-state index contributed by atoms with van der Waals surface area (Å²) in [5.74, 6) is 1.56. The highest BCUT2D eigenvalue weighted by Crippen LogP contribution is 2.17. The zero-order valence-corrected chi connectivity index (χ0v) is 15.8. The van der Waals surface area contributed by atoms with Crippen molar-refractivity contribution in [3.05, 3.63) is 66.0 Å². The fourth-order valence-corrected chi connectivity index (χ4v) is 3.24. The van der Waals surface area contributed by atoms with Gasteiger partial charge in [-0.25, -0.2) is 9.67 Å². The Hall–Kier alpha value is -3.19. The van der Waals surface area contributed by atoms with Crippen molar-refractivity contribution in [2.24, 2.45) is 7.05 Å². The van der Waals surface area contributed by atoms with Gasteiger partial charge in [0, 0.05) is 37.0 Å². The van der Waals surface area contributed by atoms with E-state index in [1.54, 1.807) is 4.68 Å². The summed E-state index contributed by atoms with van der Waals surface area (Å²) < 4.78 is 7.10. The molecule has 3 aromatic rings. The molecule has 1 saturated heterocycles. The van der Waals surface area contributed by atoms with E-state index in [9.17, 15) is 4.79 Å². The van der Waals surface area contributed by atoms with Crippen molar-refractivity contribution in [1.29, 1.82) is 0 Å². The first-order chi connectivity index (χ1) is 13.7. The van der Waals surface area contributed by atoms with Crippen LogP contribution in [0.4, 0.5) is 5.69 Å². The molecule has 28 heavy (non-hydrogen) atoms. The van der Waals surface area contributed by atoms with E-state index in [2.05, 4.69) is 15.4 Å². The summed E-state index contributed by atoms with van der Waals surface area (Å²) in [7, 11) is 1.89. The number of rotatable bonds is 5. The van der Waals surface area contributed by atoms with E-state index >= 15 is 0 Å². The lowest BCUT2D eigenvalue weighted by atomic mass is 10.1. The number of nitrogens with one attached hydrogen (secondary N) is 1. The van der Waals surface area contributed by atoms with Gasteiger partial charge < -0.3 is 15.0 Å². The molecule has 0 saturated carbocycles. The Morgan fingerprint density at radius 1 is 1.11 bits per heavy atom. The Balaban J connectivity index is 1.43. The van der Waals surface area contributed by atoms with Crippen LogP contribution in [0, 0.1) is 0 Å². The molecule has 0 bridgehead atoms. The van der Waals surface area contributed by atoms with E-state index in [-0.39, 0.29) is 5.91 Å². The molecule has 0 unspecified atom stereocenters. The lowest BCUT2D eigenvalue weighted by Crippen LogP contribution is -2.40. The number of carbonyl (C=O) groups is 1. The number of amides is 1. The van der Waals surface area contributed by atoms with Crippen LogP contribution in [0.15, 0.2) is 54.6 Å². The SMILES string of the molecule is Cn1nc(CNc2cccc(C(=O)N3CCOCC3)c2)nc1-c1ccccc1. The van der Waals surface area contributed by atoms with Gasteiger partial charge in [0.25, 0.3) is 5.91 Å². The summed E-state index contributed by atoms with van der Waals surface area (Å²) >= 11 is 0. The Kier molecular flexibility index (Phi) is 5.34. The largest absolute Gasteiger partial charge is 0.378 e. The molecule has 1 fully saturated rings. The molecule has 1 aromatic heterocycles. The maximum Gasteiger partial charge on any atom is 0.254 e. The van der Waals surface area contributed by atoms with Gasteiger partial charge in [0.05, 0.1) is 19.8 Å². The molecule has 0 radical (unpaired) electrons. The molecule has 1 N–H and O–H groups in total. The smallest absolute Gasteiger partial charge is 0.254 e. The van der Waals surface area contributed by atoms with Gasteiger partial charge in [0.2, 0.25) is 0 Å². The van der Waals surface area contributed by atoms with E-state index in [0.29, 0.717) is 44.2 Å². The highest BCUT2D eigenvalue weighted by Gasteiger charge is 2.18. The standard InChI is InChI=1S/C21H23N5O2/c1-25-20(16-6-3-2-4-7-16)23-19(24-25)15-22-18-9-5-8-17(14-18)21(27)26-10-12-28-13-11-26/h2-9,14,22H,10-13,15H2,1H3. The number of nitrogens with zero attached hydrogens (tertiary/aromatic N) is 4. The summed E-state index contributed by atoms with van der Waals surface area (Å²) in [5, 5.41) is 7.80. The van der Waals surface area contributed by atoms with Crippen molar-refractivity contribution in [2.45, 2.75) is 6.54 Å². The van der Waals surface area contributed by atoms with Crippen molar-refractivity contribution in [1.82, 2.24) is 19.7 Å². The molecule has 7 heteroatoms. The Morgan fingerprint density at radius 2 is 1.89 bits per heavy atom. The first kappa shape index (κ1) is 18.2. The van der Waals surface area contributed by atoms with Crippen molar-refractivity contribution in [3.8, 4) is 11.4 Å². The van der Waals surface area contributed by atoms with Crippen LogP contribution < -0.4 is 5.32 Å². The van der Waals surface area contributed by atoms with Crippen molar-refractivity contribution in [3.63, 3.8) is 0 Å². The molecule has 7 nitrogen and oxygen atoms in total. The van der Waals surface area contributed by atoms with Gasteiger partial charge in [0.15, 0.2) is 11.6 Å². The molecule has 0 atom stereocenters. The minimum atomic E-state index is 0.0364. The number of ether oxygens (including phenoxy) is 1. The van der Waals surface area contributed by atoms with Crippen LogP contribution in [0.2, 0.25) is 0 Å². The lowest BCUT2D eigenvalue weighted by molar-refractivity contribution is 0.0303. The fourth-order valence-electron chi connectivity index (χ4n) is 3.24. The van der Waals surface area contributed by atoms with Crippen molar-refractivity contribution in [2.75, 3.05) is 31.6 Å². The zero-order chi connectivity index (χ0) is 19.3. The number of hydrogen-bond acceptors (Lipinski definition) is 5. The van der Waals surface area contributed by atoms with Gasteiger partial charge >= 0.3 is 0 Å². The van der Waals surface area contributed by atoms with E-state index in [1.165, 1.54) is 0 Å². The Bertz CT molecular complexity index is 948. The molecule has 1 amide bonds. The molecule has 4 rings (SSSR count). The van der Waals surface area contributed by atoms with Gasteiger partial charge in [-0.2, -0.15) is 5.10 Å². The zero-order valence-electron chi connectivity index (χ0n) is 15.8.